The van der Waals surface area contributed by atoms with E-state index >= 15 is 0 Å². The van der Waals surface area contributed by atoms with E-state index < -0.39 is 0 Å². The molecule has 3 rings (SSSR count). The van der Waals surface area contributed by atoms with Crippen LogP contribution in [-0.2, 0) is 0 Å². The van der Waals surface area contributed by atoms with E-state index in [-0.39, 0.29) is 5.84 Å². The number of thiazole rings is 1. The first-order valence-electron chi connectivity index (χ1n) is 6.51. The van der Waals surface area contributed by atoms with Crippen molar-refractivity contribution in [2.75, 3.05) is 5.32 Å². The maximum absolute atomic E-state index is 8.20. The van der Waals surface area contributed by atoms with E-state index in [1.807, 2.05) is 49.4 Å². The van der Waals surface area contributed by atoms with E-state index in [0.717, 1.165) is 21.8 Å². The van der Waals surface area contributed by atoms with Gasteiger partial charge < -0.3 is 5.32 Å². The van der Waals surface area contributed by atoms with Crippen LogP contribution in [0, 0.1) is 12.3 Å². The predicted molar refractivity (Wildman–Crippen MR) is 87.0 cm³/mol. The van der Waals surface area contributed by atoms with Crippen LogP contribution in [0.3, 0.4) is 0 Å². The predicted octanol–water partition coefficient (Wildman–Crippen LogP) is 3.95. The van der Waals surface area contributed by atoms with Crippen molar-refractivity contribution in [2.45, 2.75) is 6.92 Å². The van der Waals surface area contributed by atoms with E-state index in [1.165, 1.54) is 0 Å². The van der Waals surface area contributed by atoms with Gasteiger partial charge in [-0.15, -0.1) is 11.3 Å². The molecule has 1 aromatic carbocycles. The van der Waals surface area contributed by atoms with Crippen LogP contribution in [0.2, 0.25) is 0 Å². The molecule has 5 heteroatoms. The van der Waals surface area contributed by atoms with Crippen molar-refractivity contribution in [1.29, 1.82) is 5.41 Å². The van der Waals surface area contributed by atoms with Crippen LogP contribution >= 0.6 is 11.3 Å². The molecule has 0 amide bonds. The zero-order valence-corrected chi connectivity index (χ0v) is 12.3. The number of aryl methyl sites for hydroxylation is 1. The van der Waals surface area contributed by atoms with Gasteiger partial charge in [0, 0.05) is 11.9 Å². The Hall–Kier alpha value is -2.53. The molecule has 2 heterocycles. The summed E-state index contributed by atoms with van der Waals surface area (Å²) in [4.78, 5) is 9.64. The number of para-hydroxylation sites is 1. The van der Waals surface area contributed by atoms with Crippen LogP contribution in [0.4, 0.5) is 5.69 Å². The van der Waals surface area contributed by atoms with Gasteiger partial charge in [0.25, 0.3) is 0 Å². The van der Waals surface area contributed by atoms with Gasteiger partial charge in [-0.2, -0.15) is 0 Å². The smallest absolute Gasteiger partial charge is 0.148 e. The first kappa shape index (κ1) is 13.5. The Bertz CT molecular complexity index is 751. The lowest BCUT2D eigenvalue weighted by molar-refractivity contribution is 1.24. The molecule has 0 unspecified atom stereocenters. The maximum Gasteiger partial charge on any atom is 0.148 e. The van der Waals surface area contributed by atoms with Crippen molar-refractivity contribution in [3.05, 3.63) is 65.4 Å². The number of nitrogens with zero attached hydrogens (tertiary/aromatic N) is 2. The van der Waals surface area contributed by atoms with Crippen molar-refractivity contribution in [3.63, 3.8) is 0 Å². The van der Waals surface area contributed by atoms with Crippen molar-refractivity contribution in [3.8, 4) is 10.6 Å². The average Bonchev–Trinajstić information content (AvgIpc) is 3.02. The summed E-state index contributed by atoms with van der Waals surface area (Å²) in [6.07, 6.45) is 1.80. The highest BCUT2D eigenvalue weighted by Gasteiger charge is 2.09. The second-order valence-corrected chi connectivity index (χ2v) is 5.53. The summed E-state index contributed by atoms with van der Waals surface area (Å²) in [5, 5.41) is 11.3. The van der Waals surface area contributed by atoms with Gasteiger partial charge >= 0.3 is 0 Å². The molecular weight excluding hydrogens is 280 g/mol. The number of hydrogen-bond acceptors (Lipinski definition) is 4. The van der Waals surface area contributed by atoms with E-state index in [1.54, 1.807) is 23.0 Å². The molecule has 0 aliphatic carbocycles. The Morgan fingerprint density at radius 3 is 2.71 bits per heavy atom. The fourth-order valence-corrected chi connectivity index (χ4v) is 2.58. The third kappa shape index (κ3) is 3.14. The third-order valence-corrected chi connectivity index (χ3v) is 3.75. The summed E-state index contributed by atoms with van der Waals surface area (Å²) >= 11 is 1.54. The van der Waals surface area contributed by atoms with E-state index in [0.29, 0.717) is 5.69 Å². The summed E-state index contributed by atoms with van der Waals surface area (Å²) in [6.45, 7) is 2.01. The molecule has 2 aromatic heterocycles. The minimum absolute atomic E-state index is 0.288. The van der Waals surface area contributed by atoms with Crippen LogP contribution in [0.15, 0.2) is 54.2 Å². The van der Waals surface area contributed by atoms with E-state index in [2.05, 4.69) is 15.3 Å². The molecule has 0 bridgehead atoms. The van der Waals surface area contributed by atoms with Crippen molar-refractivity contribution in [1.82, 2.24) is 9.97 Å². The lowest BCUT2D eigenvalue weighted by Gasteiger charge is -2.09. The molecule has 0 fully saturated rings. The fourth-order valence-electron chi connectivity index (χ4n) is 1.99. The standard InChI is InChI=1S/C16H14N4S/c1-11-7-13(15-9-18-10-21-15)20-14(8-11)16(17)19-12-5-3-2-4-6-12/h2-10H,1H3,(H2,17,19). The minimum atomic E-state index is 0.288. The summed E-state index contributed by atoms with van der Waals surface area (Å²) < 4.78 is 0. The van der Waals surface area contributed by atoms with Gasteiger partial charge in [-0.1, -0.05) is 18.2 Å². The Labute approximate surface area is 127 Å². The highest BCUT2D eigenvalue weighted by molar-refractivity contribution is 7.13. The molecular formula is C16H14N4S. The first-order chi connectivity index (χ1) is 10.2. The zero-order chi connectivity index (χ0) is 14.7. The molecule has 21 heavy (non-hydrogen) atoms. The molecule has 0 atom stereocenters. The lowest BCUT2D eigenvalue weighted by Crippen LogP contribution is -2.14. The number of pyridine rings is 1. The van der Waals surface area contributed by atoms with Crippen LogP contribution in [0.1, 0.15) is 11.3 Å². The third-order valence-electron chi connectivity index (χ3n) is 2.95. The van der Waals surface area contributed by atoms with Gasteiger partial charge in [-0.25, -0.2) is 4.98 Å². The number of aromatic nitrogens is 2. The van der Waals surface area contributed by atoms with Crippen LogP contribution in [0.25, 0.3) is 10.6 Å². The van der Waals surface area contributed by atoms with Crippen molar-refractivity contribution < 1.29 is 0 Å². The molecule has 0 aliphatic rings. The van der Waals surface area contributed by atoms with E-state index in [9.17, 15) is 0 Å². The highest BCUT2D eigenvalue weighted by Crippen LogP contribution is 2.22. The molecule has 2 N–H and O–H groups in total. The minimum Gasteiger partial charge on any atom is -0.339 e. The van der Waals surface area contributed by atoms with Gasteiger partial charge in [0.15, 0.2) is 0 Å². The lowest BCUT2D eigenvalue weighted by atomic mass is 10.2. The summed E-state index contributed by atoms with van der Waals surface area (Å²) in [5.41, 5.74) is 5.22. The van der Waals surface area contributed by atoms with Gasteiger partial charge in [-0.3, -0.25) is 10.4 Å². The summed E-state index contributed by atoms with van der Waals surface area (Å²) in [5.74, 6) is 0.288. The largest absolute Gasteiger partial charge is 0.339 e. The molecule has 0 aliphatic heterocycles. The molecule has 0 spiro atoms. The number of benzene rings is 1. The number of hydrogen-bond donors (Lipinski definition) is 2. The Balaban J connectivity index is 1.90. The van der Waals surface area contributed by atoms with Crippen LogP contribution in [-0.4, -0.2) is 15.8 Å². The molecule has 0 saturated carbocycles. The monoisotopic (exact) mass is 294 g/mol. The average molecular weight is 294 g/mol. The van der Waals surface area contributed by atoms with Gasteiger partial charge in [0.1, 0.15) is 11.5 Å². The van der Waals surface area contributed by atoms with Crippen LogP contribution < -0.4 is 5.32 Å². The number of amidine groups is 1. The maximum atomic E-state index is 8.20. The second-order valence-electron chi connectivity index (χ2n) is 4.65. The zero-order valence-electron chi connectivity index (χ0n) is 11.5. The van der Waals surface area contributed by atoms with E-state index in [4.69, 9.17) is 5.41 Å². The van der Waals surface area contributed by atoms with Crippen molar-refractivity contribution in [2.24, 2.45) is 0 Å². The van der Waals surface area contributed by atoms with Gasteiger partial charge in [0.2, 0.25) is 0 Å². The number of anilines is 1. The molecule has 104 valence electrons. The first-order valence-corrected chi connectivity index (χ1v) is 7.39. The Morgan fingerprint density at radius 2 is 2.00 bits per heavy atom. The van der Waals surface area contributed by atoms with Crippen molar-refractivity contribution >= 4 is 22.9 Å². The molecule has 3 aromatic rings. The number of nitrogens with one attached hydrogen (secondary N) is 2. The summed E-state index contributed by atoms with van der Waals surface area (Å²) in [6, 6.07) is 13.6. The van der Waals surface area contributed by atoms with Crippen LogP contribution in [0.5, 0.6) is 0 Å². The normalized spacial score (nSPS) is 10.3. The molecule has 0 radical (unpaired) electrons. The fraction of sp³-hybridized carbons (Fsp3) is 0.0625. The quantitative estimate of drug-likeness (QED) is 0.568. The van der Waals surface area contributed by atoms with Gasteiger partial charge in [-0.05, 0) is 36.8 Å². The Kier molecular flexibility index (Phi) is 3.75. The SMILES string of the molecule is Cc1cc(C(=N)Nc2ccccc2)nc(-c2cncs2)c1. The summed E-state index contributed by atoms with van der Waals surface area (Å²) in [7, 11) is 0. The van der Waals surface area contributed by atoms with Gasteiger partial charge in [0.05, 0.1) is 16.1 Å². The highest BCUT2D eigenvalue weighted by atomic mass is 32.1. The number of rotatable bonds is 3. The molecule has 4 nitrogen and oxygen atoms in total. The molecule has 0 saturated heterocycles. The Morgan fingerprint density at radius 1 is 1.19 bits per heavy atom. The second kappa shape index (κ2) is 5.85. The topological polar surface area (TPSA) is 61.7 Å².